The number of amides is 1. The number of nitrogens with one attached hydrogen (secondary N) is 1. The highest BCUT2D eigenvalue weighted by atomic mass is 16.2. The van der Waals surface area contributed by atoms with Crippen LogP contribution in [0.4, 0.5) is 0 Å². The Bertz CT molecular complexity index is 806. The Balaban J connectivity index is 1.78. The van der Waals surface area contributed by atoms with Crippen LogP contribution >= 0.6 is 0 Å². The van der Waals surface area contributed by atoms with Crippen LogP contribution in [-0.4, -0.2) is 21.7 Å². The van der Waals surface area contributed by atoms with Gasteiger partial charge in [0.2, 0.25) is 0 Å². The summed E-state index contributed by atoms with van der Waals surface area (Å²) in [5.74, 6) is -0.256. The Morgan fingerprint density at radius 1 is 1.24 bits per heavy atom. The Morgan fingerprint density at radius 2 is 2.00 bits per heavy atom. The first-order valence-electron chi connectivity index (χ1n) is 6.53. The van der Waals surface area contributed by atoms with Gasteiger partial charge in [-0.05, 0) is 18.2 Å². The van der Waals surface area contributed by atoms with Crippen LogP contribution in [0, 0.1) is 0 Å². The minimum atomic E-state index is -0.256. The van der Waals surface area contributed by atoms with Crippen molar-refractivity contribution >= 4 is 23.0 Å². The number of aromatic nitrogens is 2. The molecule has 104 valence electrons. The molecule has 3 aromatic rings. The van der Waals surface area contributed by atoms with Crippen LogP contribution in [0.2, 0.25) is 0 Å². The highest BCUT2D eigenvalue weighted by Gasteiger charge is 2.04. The SMILES string of the molecule is Cn1cc(/C=N/NC(=O)c2ccncc2)c2ccccc21. The Labute approximate surface area is 121 Å². The summed E-state index contributed by atoms with van der Waals surface area (Å²) in [5, 5.41) is 5.12. The molecule has 0 saturated heterocycles. The molecular weight excluding hydrogens is 264 g/mol. The van der Waals surface area contributed by atoms with E-state index >= 15 is 0 Å². The number of pyridine rings is 1. The number of nitrogens with zero attached hydrogens (tertiary/aromatic N) is 3. The van der Waals surface area contributed by atoms with Crippen molar-refractivity contribution in [1.82, 2.24) is 15.0 Å². The Kier molecular flexibility index (Phi) is 3.47. The van der Waals surface area contributed by atoms with Gasteiger partial charge in [-0.15, -0.1) is 0 Å². The van der Waals surface area contributed by atoms with Crippen LogP contribution in [0.25, 0.3) is 10.9 Å². The lowest BCUT2D eigenvalue weighted by Gasteiger charge is -1.98. The van der Waals surface area contributed by atoms with Gasteiger partial charge in [0.1, 0.15) is 0 Å². The third-order valence-corrected chi connectivity index (χ3v) is 3.24. The minimum absolute atomic E-state index is 0.256. The van der Waals surface area contributed by atoms with Gasteiger partial charge in [0.15, 0.2) is 0 Å². The number of para-hydroxylation sites is 1. The van der Waals surface area contributed by atoms with E-state index in [-0.39, 0.29) is 5.91 Å². The fourth-order valence-corrected chi connectivity index (χ4v) is 2.20. The van der Waals surface area contributed by atoms with Gasteiger partial charge < -0.3 is 4.57 Å². The molecule has 0 fully saturated rings. The van der Waals surface area contributed by atoms with Crippen molar-refractivity contribution in [3.05, 3.63) is 66.1 Å². The maximum atomic E-state index is 11.8. The first-order chi connectivity index (χ1) is 10.3. The number of carbonyl (C=O) groups is 1. The van der Waals surface area contributed by atoms with E-state index in [0.717, 1.165) is 16.5 Å². The molecule has 0 spiro atoms. The molecule has 1 N–H and O–H groups in total. The zero-order valence-electron chi connectivity index (χ0n) is 11.5. The summed E-state index contributed by atoms with van der Waals surface area (Å²) in [6.45, 7) is 0. The number of fused-ring (bicyclic) bond motifs is 1. The molecule has 5 heteroatoms. The molecule has 0 aliphatic carbocycles. The van der Waals surface area contributed by atoms with Crippen LogP contribution < -0.4 is 5.43 Å². The molecule has 2 heterocycles. The summed E-state index contributed by atoms with van der Waals surface area (Å²) in [7, 11) is 1.98. The van der Waals surface area contributed by atoms with E-state index in [1.54, 1.807) is 30.7 Å². The largest absolute Gasteiger partial charge is 0.350 e. The van der Waals surface area contributed by atoms with E-state index < -0.39 is 0 Å². The smallest absolute Gasteiger partial charge is 0.271 e. The zero-order chi connectivity index (χ0) is 14.7. The molecule has 0 unspecified atom stereocenters. The van der Waals surface area contributed by atoms with Crippen LogP contribution in [0.3, 0.4) is 0 Å². The van der Waals surface area contributed by atoms with Crippen LogP contribution in [0.15, 0.2) is 60.1 Å². The molecule has 0 bridgehead atoms. The van der Waals surface area contributed by atoms with E-state index in [9.17, 15) is 4.79 Å². The summed E-state index contributed by atoms with van der Waals surface area (Å²) in [6.07, 6.45) is 6.78. The number of benzene rings is 1. The van der Waals surface area contributed by atoms with E-state index in [1.165, 1.54) is 0 Å². The fraction of sp³-hybridized carbons (Fsp3) is 0.0625. The first kappa shape index (κ1) is 13.1. The molecule has 2 aromatic heterocycles. The lowest BCUT2D eigenvalue weighted by molar-refractivity contribution is 0.0955. The number of carbonyl (C=O) groups excluding carboxylic acids is 1. The normalized spacial score (nSPS) is 11.1. The molecule has 21 heavy (non-hydrogen) atoms. The number of hydrazone groups is 1. The molecular formula is C16H14N4O. The van der Waals surface area contributed by atoms with Gasteiger partial charge in [0.25, 0.3) is 5.91 Å². The van der Waals surface area contributed by atoms with Crippen molar-refractivity contribution in [3.8, 4) is 0 Å². The molecule has 0 radical (unpaired) electrons. The number of rotatable bonds is 3. The summed E-state index contributed by atoms with van der Waals surface area (Å²) in [4.78, 5) is 15.7. The molecule has 1 amide bonds. The van der Waals surface area contributed by atoms with Crippen LogP contribution in [-0.2, 0) is 7.05 Å². The second-order valence-electron chi connectivity index (χ2n) is 4.65. The third-order valence-electron chi connectivity index (χ3n) is 3.24. The highest BCUT2D eigenvalue weighted by molar-refractivity contribution is 6.00. The molecule has 3 rings (SSSR count). The highest BCUT2D eigenvalue weighted by Crippen LogP contribution is 2.18. The van der Waals surface area contributed by atoms with Crippen molar-refractivity contribution in [2.45, 2.75) is 0 Å². The quantitative estimate of drug-likeness (QED) is 0.590. The molecule has 0 saturated carbocycles. The second kappa shape index (κ2) is 5.58. The Hall–Kier alpha value is -2.95. The third kappa shape index (κ3) is 2.67. The zero-order valence-corrected chi connectivity index (χ0v) is 11.5. The van der Waals surface area contributed by atoms with E-state index in [4.69, 9.17) is 0 Å². The van der Waals surface area contributed by atoms with Gasteiger partial charge in [-0.3, -0.25) is 9.78 Å². The molecule has 1 aromatic carbocycles. The van der Waals surface area contributed by atoms with E-state index in [2.05, 4.69) is 15.5 Å². The van der Waals surface area contributed by atoms with Gasteiger partial charge >= 0.3 is 0 Å². The molecule has 5 nitrogen and oxygen atoms in total. The summed E-state index contributed by atoms with van der Waals surface area (Å²) in [6, 6.07) is 11.3. The lowest BCUT2D eigenvalue weighted by Crippen LogP contribution is -2.17. The van der Waals surface area contributed by atoms with Gasteiger partial charge in [-0.2, -0.15) is 5.10 Å². The van der Waals surface area contributed by atoms with Crippen molar-refractivity contribution in [1.29, 1.82) is 0 Å². The number of hydrogen-bond donors (Lipinski definition) is 1. The van der Waals surface area contributed by atoms with Gasteiger partial charge in [0, 0.05) is 47.7 Å². The number of hydrogen-bond acceptors (Lipinski definition) is 3. The molecule has 0 aliphatic heterocycles. The average molecular weight is 278 g/mol. The fourth-order valence-electron chi connectivity index (χ4n) is 2.20. The first-order valence-corrected chi connectivity index (χ1v) is 6.53. The summed E-state index contributed by atoms with van der Waals surface area (Å²) < 4.78 is 2.03. The molecule has 0 aliphatic rings. The van der Waals surface area contributed by atoms with Gasteiger partial charge in [0.05, 0.1) is 6.21 Å². The monoisotopic (exact) mass is 278 g/mol. The van der Waals surface area contributed by atoms with Gasteiger partial charge in [-0.25, -0.2) is 5.43 Å². The van der Waals surface area contributed by atoms with Crippen LogP contribution in [0.5, 0.6) is 0 Å². The average Bonchev–Trinajstić information content (AvgIpc) is 2.85. The second-order valence-corrected chi connectivity index (χ2v) is 4.65. The predicted molar refractivity (Wildman–Crippen MR) is 82.2 cm³/mol. The summed E-state index contributed by atoms with van der Waals surface area (Å²) in [5.41, 5.74) is 5.13. The van der Waals surface area contributed by atoms with E-state index in [0.29, 0.717) is 5.56 Å². The van der Waals surface area contributed by atoms with Crippen molar-refractivity contribution in [2.24, 2.45) is 12.1 Å². The number of aryl methyl sites for hydroxylation is 1. The molecule has 0 atom stereocenters. The van der Waals surface area contributed by atoms with Crippen LogP contribution in [0.1, 0.15) is 15.9 Å². The predicted octanol–water partition coefficient (Wildman–Crippen LogP) is 2.34. The Morgan fingerprint density at radius 3 is 2.81 bits per heavy atom. The lowest BCUT2D eigenvalue weighted by atomic mass is 10.2. The van der Waals surface area contributed by atoms with Crippen molar-refractivity contribution in [2.75, 3.05) is 0 Å². The topological polar surface area (TPSA) is 59.3 Å². The summed E-state index contributed by atoms with van der Waals surface area (Å²) >= 11 is 0. The maximum Gasteiger partial charge on any atom is 0.271 e. The van der Waals surface area contributed by atoms with Crippen molar-refractivity contribution < 1.29 is 4.79 Å². The van der Waals surface area contributed by atoms with Crippen molar-refractivity contribution in [3.63, 3.8) is 0 Å². The van der Waals surface area contributed by atoms with E-state index in [1.807, 2.05) is 42.1 Å². The standard InChI is InChI=1S/C16H14N4O/c1-20-11-13(14-4-2-3-5-15(14)20)10-18-19-16(21)12-6-8-17-9-7-12/h2-11H,1H3,(H,19,21)/b18-10+. The van der Waals surface area contributed by atoms with Gasteiger partial charge in [-0.1, -0.05) is 18.2 Å². The minimum Gasteiger partial charge on any atom is -0.350 e. The maximum absolute atomic E-state index is 11.8.